The Balaban J connectivity index is 2.77. The molecule has 38 valence electrons. The van der Waals surface area contributed by atoms with Gasteiger partial charge in [-0.25, -0.2) is 0 Å². The standard InChI is InChI=1S/C4H7N3/c5-4(6)1-2-7-3-4/h1-3H,5-6H2. The first-order valence-corrected chi connectivity index (χ1v) is 2.00. The molecule has 0 aromatic carbocycles. The molecule has 1 heterocycles. The van der Waals surface area contributed by atoms with Gasteiger partial charge in [-0.05, 0) is 6.08 Å². The van der Waals surface area contributed by atoms with Crippen molar-refractivity contribution in [3.63, 3.8) is 0 Å². The third-order valence-electron chi connectivity index (χ3n) is 0.747. The molecular weight excluding hydrogens is 90.1 g/mol. The van der Waals surface area contributed by atoms with Crippen molar-refractivity contribution < 1.29 is 0 Å². The molecule has 0 spiro atoms. The van der Waals surface area contributed by atoms with Gasteiger partial charge in [0.05, 0.1) is 0 Å². The van der Waals surface area contributed by atoms with Gasteiger partial charge >= 0.3 is 0 Å². The van der Waals surface area contributed by atoms with E-state index < -0.39 is 5.66 Å². The molecule has 0 atom stereocenters. The van der Waals surface area contributed by atoms with Crippen molar-refractivity contribution in [1.82, 2.24) is 0 Å². The van der Waals surface area contributed by atoms with Gasteiger partial charge in [-0.1, -0.05) is 0 Å². The number of nitrogens with two attached hydrogens (primary N) is 2. The van der Waals surface area contributed by atoms with E-state index in [1.54, 1.807) is 12.3 Å². The fourth-order valence-corrected chi connectivity index (χ4v) is 0.387. The average molecular weight is 97.1 g/mol. The average Bonchev–Trinajstić information content (AvgIpc) is 1.84. The zero-order valence-corrected chi connectivity index (χ0v) is 3.83. The summed E-state index contributed by atoms with van der Waals surface area (Å²) in [5.41, 5.74) is 9.86. The Morgan fingerprint density at radius 2 is 2.14 bits per heavy atom. The fourth-order valence-electron chi connectivity index (χ4n) is 0.387. The molecule has 1 aliphatic rings. The third kappa shape index (κ3) is 0.852. The lowest BCUT2D eigenvalue weighted by atomic mass is 10.2. The molecule has 0 amide bonds. The van der Waals surface area contributed by atoms with Crippen LogP contribution < -0.4 is 11.5 Å². The van der Waals surface area contributed by atoms with E-state index in [1.807, 2.05) is 0 Å². The van der Waals surface area contributed by atoms with Crippen molar-refractivity contribution in [3.05, 3.63) is 12.3 Å². The largest absolute Gasteiger partial charge is 0.306 e. The Morgan fingerprint density at radius 1 is 1.43 bits per heavy atom. The van der Waals surface area contributed by atoms with Crippen LogP contribution in [0.2, 0.25) is 0 Å². The summed E-state index contributed by atoms with van der Waals surface area (Å²) in [6.07, 6.45) is 4.71. The summed E-state index contributed by atoms with van der Waals surface area (Å²) in [6, 6.07) is 0. The molecular formula is C4H7N3. The van der Waals surface area contributed by atoms with Crippen molar-refractivity contribution in [2.45, 2.75) is 5.66 Å². The highest BCUT2D eigenvalue weighted by molar-refractivity contribution is 5.75. The summed E-state index contributed by atoms with van der Waals surface area (Å²) in [5, 5.41) is 0. The molecule has 1 rings (SSSR count). The second kappa shape index (κ2) is 1.15. The molecule has 0 saturated heterocycles. The fraction of sp³-hybridized carbons (Fsp3) is 0.250. The molecule has 3 heteroatoms. The predicted octanol–water partition coefficient (Wildman–Crippen LogP) is -0.802. The van der Waals surface area contributed by atoms with Crippen LogP contribution >= 0.6 is 0 Å². The van der Waals surface area contributed by atoms with Gasteiger partial charge in [0.1, 0.15) is 5.66 Å². The lowest BCUT2D eigenvalue weighted by molar-refractivity contribution is 0.767. The first kappa shape index (κ1) is 4.49. The van der Waals surface area contributed by atoms with Gasteiger partial charge in [0.25, 0.3) is 0 Å². The second-order valence-electron chi connectivity index (χ2n) is 1.59. The van der Waals surface area contributed by atoms with E-state index in [0.717, 1.165) is 0 Å². The van der Waals surface area contributed by atoms with Crippen molar-refractivity contribution in [1.29, 1.82) is 0 Å². The van der Waals surface area contributed by atoms with Crippen LogP contribution in [0.3, 0.4) is 0 Å². The van der Waals surface area contributed by atoms with Crippen molar-refractivity contribution in [2.75, 3.05) is 0 Å². The Morgan fingerprint density at radius 3 is 2.29 bits per heavy atom. The minimum Gasteiger partial charge on any atom is -0.306 e. The second-order valence-corrected chi connectivity index (χ2v) is 1.59. The summed E-state index contributed by atoms with van der Waals surface area (Å²) in [4.78, 5) is 3.68. The Labute approximate surface area is 41.7 Å². The highest BCUT2D eigenvalue weighted by Gasteiger charge is 2.12. The van der Waals surface area contributed by atoms with E-state index in [0.29, 0.717) is 0 Å². The van der Waals surface area contributed by atoms with Gasteiger partial charge in [-0.2, -0.15) is 0 Å². The maximum absolute atomic E-state index is 5.32. The van der Waals surface area contributed by atoms with Crippen LogP contribution in [-0.2, 0) is 0 Å². The maximum atomic E-state index is 5.32. The highest BCUT2D eigenvalue weighted by Crippen LogP contribution is 1.95. The molecule has 1 aliphatic heterocycles. The van der Waals surface area contributed by atoms with Crippen LogP contribution in [-0.4, -0.2) is 11.9 Å². The molecule has 0 aromatic heterocycles. The van der Waals surface area contributed by atoms with Gasteiger partial charge in [0.2, 0.25) is 0 Å². The molecule has 7 heavy (non-hydrogen) atoms. The van der Waals surface area contributed by atoms with E-state index in [1.165, 1.54) is 6.21 Å². The molecule has 0 unspecified atom stereocenters. The number of nitrogens with zero attached hydrogens (tertiary/aromatic N) is 1. The number of hydrogen-bond donors (Lipinski definition) is 2. The summed E-state index contributed by atoms with van der Waals surface area (Å²) in [6.45, 7) is 0. The summed E-state index contributed by atoms with van der Waals surface area (Å²) < 4.78 is 0. The van der Waals surface area contributed by atoms with Gasteiger partial charge in [-0.15, -0.1) is 0 Å². The first-order valence-electron chi connectivity index (χ1n) is 2.00. The Bertz CT molecular complexity index is 109. The monoisotopic (exact) mass is 97.1 g/mol. The molecule has 3 nitrogen and oxygen atoms in total. The van der Waals surface area contributed by atoms with Crippen molar-refractivity contribution in [2.24, 2.45) is 16.5 Å². The lowest BCUT2D eigenvalue weighted by Crippen LogP contribution is -2.47. The van der Waals surface area contributed by atoms with Crippen molar-refractivity contribution in [3.8, 4) is 0 Å². The number of hydrogen-bond acceptors (Lipinski definition) is 3. The molecule has 0 saturated carbocycles. The smallest absolute Gasteiger partial charge is 0.121 e. The minimum absolute atomic E-state index is 0.778. The van der Waals surface area contributed by atoms with E-state index in [-0.39, 0.29) is 0 Å². The lowest BCUT2D eigenvalue weighted by Gasteiger charge is -2.06. The van der Waals surface area contributed by atoms with E-state index in [4.69, 9.17) is 11.5 Å². The first-order chi connectivity index (χ1) is 3.21. The van der Waals surface area contributed by atoms with Crippen LogP contribution in [0.15, 0.2) is 17.3 Å². The van der Waals surface area contributed by atoms with Crippen LogP contribution in [0.25, 0.3) is 0 Å². The van der Waals surface area contributed by atoms with Gasteiger partial charge in [0, 0.05) is 12.4 Å². The van der Waals surface area contributed by atoms with Crippen LogP contribution in [0.5, 0.6) is 0 Å². The summed E-state index contributed by atoms with van der Waals surface area (Å²) >= 11 is 0. The van der Waals surface area contributed by atoms with E-state index >= 15 is 0 Å². The van der Waals surface area contributed by atoms with Crippen LogP contribution in [0, 0.1) is 0 Å². The highest BCUT2D eigenvalue weighted by atomic mass is 15.0. The molecule has 0 aliphatic carbocycles. The summed E-state index contributed by atoms with van der Waals surface area (Å²) in [7, 11) is 0. The summed E-state index contributed by atoms with van der Waals surface area (Å²) in [5.74, 6) is 0. The van der Waals surface area contributed by atoms with E-state index in [9.17, 15) is 0 Å². The van der Waals surface area contributed by atoms with Gasteiger partial charge < -0.3 is 11.5 Å². The quantitative estimate of drug-likeness (QED) is 0.388. The van der Waals surface area contributed by atoms with Gasteiger partial charge in [-0.3, -0.25) is 4.99 Å². The zero-order chi connectivity index (χ0) is 5.33. The molecule has 0 fully saturated rings. The molecule has 0 aromatic rings. The molecule has 0 bridgehead atoms. The number of rotatable bonds is 0. The Hall–Kier alpha value is -0.670. The van der Waals surface area contributed by atoms with Crippen LogP contribution in [0.4, 0.5) is 0 Å². The topological polar surface area (TPSA) is 64.4 Å². The minimum atomic E-state index is -0.778. The van der Waals surface area contributed by atoms with E-state index in [2.05, 4.69) is 4.99 Å². The molecule has 4 N–H and O–H groups in total. The maximum Gasteiger partial charge on any atom is 0.121 e. The normalized spacial score (nSPS) is 23.7. The molecule has 0 radical (unpaired) electrons. The van der Waals surface area contributed by atoms with Crippen molar-refractivity contribution >= 4 is 6.21 Å². The predicted molar refractivity (Wildman–Crippen MR) is 28.7 cm³/mol. The number of aliphatic imine (C=N–C) groups is 1. The Kier molecular flexibility index (Phi) is 0.736. The van der Waals surface area contributed by atoms with Gasteiger partial charge in [0.15, 0.2) is 0 Å². The third-order valence-corrected chi connectivity index (χ3v) is 0.747. The van der Waals surface area contributed by atoms with Crippen LogP contribution in [0.1, 0.15) is 0 Å². The SMILES string of the molecule is NC1(N)C=CN=C1. The zero-order valence-electron chi connectivity index (χ0n) is 3.83.